The maximum atomic E-state index is 13.3. The van der Waals surface area contributed by atoms with Crippen LogP contribution in [0.2, 0.25) is 0 Å². The summed E-state index contributed by atoms with van der Waals surface area (Å²) in [6.45, 7) is 8.01. The summed E-state index contributed by atoms with van der Waals surface area (Å²) in [4.78, 5) is 23.2. The first-order chi connectivity index (χ1) is 12.3. The van der Waals surface area contributed by atoms with E-state index in [0.717, 1.165) is 11.4 Å². The molecule has 136 valence electrons. The third kappa shape index (κ3) is 3.87. The van der Waals surface area contributed by atoms with Gasteiger partial charge in [-0.05, 0) is 50.1 Å². The van der Waals surface area contributed by atoms with Crippen molar-refractivity contribution < 1.29 is 9.18 Å². The largest absolute Gasteiger partial charge is 0.305 e. The predicted molar refractivity (Wildman–Crippen MR) is 97.3 cm³/mol. The van der Waals surface area contributed by atoms with Gasteiger partial charge in [0.05, 0.1) is 6.54 Å². The second-order valence-corrected chi connectivity index (χ2v) is 6.83. The Balaban J connectivity index is 1.95. The number of nitrogens with zero attached hydrogens (tertiary/aromatic N) is 5. The van der Waals surface area contributed by atoms with E-state index in [9.17, 15) is 9.18 Å². The summed E-state index contributed by atoms with van der Waals surface area (Å²) >= 11 is 0. The number of rotatable bonds is 5. The minimum atomic E-state index is -0.342. The van der Waals surface area contributed by atoms with Crippen LogP contribution in [-0.2, 0) is 11.3 Å². The molecule has 0 aliphatic heterocycles. The Bertz CT molecular complexity index is 933. The number of hydrogen-bond acceptors (Lipinski definition) is 4. The Morgan fingerprint density at radius 1 is 1.19 bits per heavy atom. The molecular formula is C19H22FN5O. The van der Waals surface area contributed by atoms with Gasteiger partial charge in [0.1, 0.15) is 5.82 Å². The third-order valence-electron chi connectivity index (χ3n) is 3.98. The van der Waals surface area contributed by atoms with Crippen molar-refractivity contribution in [1.82, 2.24) is 19.6 Å². The fourth-order valence-electron chi connectivity index (χ4n) is 2.82. The second kappa shape index (κ2) is 7.19. The van der Waals surface area contributed by atoms with Gasteiger partial charge in [0.15, 0.2) is 5.82 Å². The molecule has 6 nitrogen and oxygen atoms in total. The monoisotopic (exact) mass is 355 g/mol. The number of carbonyl (C=O) groups is 1. The lowest BCUT2D eigenvalue weighted by molar-refractivity contribution is -0.119. The molecule has 2 aromatic heterocycles. The minimum Gasteiger partial charge on any atom is -0.305 e. The number of anilines is 1. The first-order valence-electron chi connectivity index (χ1n) is 8.59. The highest BCUT2D eigenvalue weighted by molar-refractivity contribution is 5.93. The molecule has 0 radical (unpaired) electrons. The lowest BCUT2D eigenvalue weighted by atomic mass is 10.1. The number of hydrogen-bond donors (Lipinski definition) is 0. The molecule has 1 amide bonds. The SMILES string of the molecule is Cc1cc(C)n2nc(CN(C(=O)CC(C)C)c3ccc(F)cc3)nc2n1. The van der Waals surface area contributed by atoms with Gasteiger partial charge in [-0.25, -0.2) is 13.9 Å². The first kappa shape index (κ1) is 18.0. The van der Waals surface area contributed by atoms with Crippen molar-refractivity contribution in [3.05, 3.63) is 53.4 Å². The van der Waals surface area contributed by atoms with Gasteiger partial charge in [0.2, 0.25) is 5.91 Å². The summed E-state index contributed by atoms with van der Waals surface area (Å²) in [5.74, 6) is 0.823. The molecule has 0 spiro atoms. The zero-order valence-electron chi connectivity index (χ0n) is 15.4. The molecule has 1 aromatic carbocycles. The number of benzene rings is 1. The van der Waals surface area contributed by atoms with Crippen LogP contribution in [0.3, 0.4) is 0 Å². The highest BCUT2D eigenvalue weighted by atomic mass is 19.1. The first-order valence-corrected chi connectivity index (χ1v) is 8.59. The molecule has 0 aliphatic rings. The molecule has 0 bridgehead atoms. The Kier molecular flexibility index (Phi) is 4.97. The topological polar surface area (TPSA) is 63.4 Å². The molecule has 3 aromatic rings. The Labute approximate surface area is 151 Å². The van der Waals surface area contributed by atoms with E-state index in [1.807, 2.05) is 33.8 Å². The number of aryl methyl sites for hydroxylation is 2. The van der Waals surface area contributed by atoms with E-state index in [2.05, 4.69) is 15.1 Å². The predicted octanol–water partition coefficient (Wildman–Crippen LogP) is 3.46. The zero-order valence-corrected chi connectivity index (χ0v) is 15.4. The summed E-state index contributed by atoms with van der Waals surface area (Å²) in [5, 5.41) is 4.47. The number of fused-ring (bicyclic) bond motifs is 1. The molecule has 0 saturated heterocycles. The molecule has 0 atom stereocenters. The van der Waals surface area contributed by atoms with E-state index in [1.165, 1.54) is 12.1 Å². The molecule has 7 heteroatoms. The fraction of sp³-hybridized carbons (Fsp3) is 0.368. The summed E-state index contributed by atoms with van der Waals surface area (Å²) in [6.07, 6.45) is 0.390. The lowest BCUT2D eigenvalue weighted by Crippen LogP contribution is -2.31. The summed E-state index contributed by atoms with van der Waals surface area (Å²) < 4.78 is 14.9. The van der Waals surface area contributed by atoms with Gasteiger partial charge in [-0.2, -0.15) is 4.98 Å². The van der Waals surface area contributed by atoms with Gasteiger partial charge in [0.25, 0.3) is 5.78 Å². The van der Waals surface area contributed by atoms with Crippen molar-refractivity contribution in [2.75, 3.05) is 4.90 Å². The average Bonchev–Trinajstić information content (AvgIpc) is 2.96. The maximum absolute atomic E-state index is 13.3. The van der Waals surface area contributed by atoms with Gasteiger partial charge in [-0.3, -0.25) is 4.79 Å². The van der Waals surface area contributed by atoms with Crippen LogP contribution in [0.5, 0.6) is 0 Å². The summed E-state index contributed by atoms with van der Waals surface area (Å²) in [5.41, 5.74) is 2.41. The molecule has 0 saturated carbocycles. The molecule has 0 fully saturated rings. The lowest BCUT2D eigenvalue weighted by Gasteiger charge is -2.22. The van der Waals surface area contributed by atoms with Crippen LogP contribution >= 0.6 is 0 Å². The van der Waals surface area contributed by atoms with Crippen molar-refractivity contribution in [1.29, 1.82) is 0 Å². The molecular weight excluding hydrogens is 333 g/mol. The maximum Gasteiger partial charge on any atom is 0.252 e. The zero-order chi connectivity index (χ0) is 18.8. The van der Waals surface area contributed by atoms with E-state index >= 15 is 0 Å². The van der Waals surface area contributed by atoms with Gasteiger partial charge in [-0.15, -0.1) is 5.10 Å². The van der Waals surface area contributed by atoms with Crippen LogP contribution in [0.4, 0.5) is 10.1 Å². The third-order valence-corrected chi connectivity index (χ3v) is 3.98. The van der Waals surface area contributed by atoms with E-state index in [-0.39, 0.29) is 24.2 Å². The number of aromatic nitrogens is 4. The molecule has 3 rings (SSSR count). The second-order valence-electron chi connectivity index (χ2n) is 6.83. The molecule has 26 heavy (non-hydrogen) atoms. The average molecular weight is 355 g/mol. The summed E-state index contributed by atoms with van der Waals surface area (Å²) in [6, 6.07) is 7.80. The molecule has 2 heterocycles. The van der Waals surface area contributed by atoms with Crippen LogP contribution in [0.25, 0.3) is 5.78 Å². The quantitative estimate of drug-likeness (QED) is 0.703. The highest BCUT2D eigenvalue weighted by Crippen LogP contribution is 2.20. The van der Waals surface area contributed by atoms with Gasteiger partial charge in [-0.1, -0.05) is 13.8 Å². The van der Waals surface area contributed by atoms with Crippen LogP contribution in [0.15, 0.2) is 30.3 Å². The minimum absolute atomic E-state index is 0.0497. The normalized spacial score (nSPS) is 11.3. The molecule has 0 aliphatic carbocycles. The van der Waals surface area contributed by atoms with Crippen LogP contribution in [0.1, 0.15) is 37.5 Å². The van der Waals surface area contributed by atoms with E-state index < -0.39 is 0 Å². The van der Waals surface area contributed by atoms with Crippen molar-refractivity contribution in [3.8, 4) is 0 Å². The van der Waals surface area contributed by atoms with Gasteiger partial charge < -0.3 is 4.90 Å². The van der Waals surface area contributed by atoms with Gasteiger partial charge in [0, 0.05) is 23.5 Å². The Morgan fingerprint density at radius 3 is 2.54 bits per heavy atom. The summed E-state index contributed by atoms with van der Waals surface area (Å²) in [7, 11) is 0. The molecule has 0 unspecified atom stereocenters. The fourth-order valence-corrected chi connectivity index (χ4v) is 2.82. The van der Waals surface area contributed by atoms with Crippen LogP contribution in [-0.4, -0.2) is 25.5 Å². The number of halogens is 1. The number of carbonyl (C=O) groups excluding carboxylic acids is 1. The van der Waals surface area contributed by atoms with Crippen molar-refractivity contribution >= 4 is 17.4 Å². The van der Waals surface area contributed by atoms with E-state index in [4.69, 9.17) is 0 Å². The molecule has 0 N–H and O–H groups in total. The van der Waals surface area contributed by atoms with Crippen molar-refractivity contribution in [3.63, 3.8) is 0 Å². The Hall–Kier alpha value is -2.83. The van der Waals surface area contributed by atoms with E-state index in [0.29, 0.717) is 23.7 Å². The number of amides is 1. The van der Waals surface area contributed by atoms with E-state index in [1.54, 1.807) is 21.5 Å². The standard InChI is InChI=1S/C19H22FN5O/c1-12(2)9-18(26)24(16-7-5-15(20)6-8-16)11-17-22-19-21-13(3)10-14(4)25(19)23-17/h5-8,10,12H,9,11H2,1-4H3. The van der Waals surface area contributed by atoms with Crippen molar-refractivity contribution in [2.45, 2.75) is 40.7 Å². The van der Waals surface area contributed by atoms with Crippen LogP contribution < -0.4 is 4.90 Å². The van der Waals surface area contributed by atoms with Crippen LogP contribution in [0, 0.1) is 25.6 Å². The van der Waals surface area contributed by atoms with Crippen molar-refractivity contribution in [2.24, 2.45) is 5.92 Å². The highest BCUT2D eigenvalue weighted by Gasteiger charge is 2.20. The van der Waals surface area contributed by atoms with Gasteiger partial charge >= 0.3 is 0 Å². The smallest absolute Gasteiger partial charge is 0.252 e. The Morgan fingerprint density at radius 2 is 1.88 bits per heavy atom.